The summed E-state index contributed by atoms with van der Waals surface area (Å²) in [5, 5.41) is 10.8. The van der Waals surface area contributed by atoms with Crippen LogP contribution < -0.4 is 5.73 Å². The number of aliphatic hydroxyl groups is 1. The number of furan rings is 1. The SMILES string of the molecule is NCC(O)c1cccc2cc(Cl)oc12. The first kappa shape index (κ1) is 9.52. The number of halogens is 1. The van der Waals surface area contributed by atoms with Gasteiger partial charge in [0.1, 0.15) is 5.58 Å². The van der Waals surface area contributed by atoms with E-state index >= 15 is 0 Å². The molecule has 1 unspecified atom stereocenters. The van der Waals surface area contributed by atoms with E-state index in [2.05, 4.69) is 0 Å². The van der Waals surface area contributed by atoms with E-state index < -0.39 is 6.10 Å². The van der Waals surface area contributed by atoms with Crippen molar-refractivity contribution < 1.29 is 9.52 Å². The second kappa shape index (κ2) is 3.61. The lowest BCUT2D eigenvalue weighted by molar-refractivity contribution is 0.187. The summed E-state index contributed by atoms with van der Waals surface area (Å²) in [6.07, 6.45) is -0.707. The van der Waals surface area contributed by atoms with Crippen molar-refractivity contribution in [2.75, 3.05) is 6.54 Å². The third-order valence-corrected chi connectivity index (χ3v) is 2.31. The number of aliphatic hydroxyl groups excluding tert-OH is 1. The molecule has 0 amide bonds. The molecule has 1 aromatic heterocycles. The molecular formula is C10H10ClNO2. The lowest BCUT2D eigenvalue weighted by Crippen LogP contribution is -2.11. The molecule has 0 spiro atoms. The summed E-state index contributed by atoms with van der Waals surface area (Å²) >= 11 is 5.72. The Labute approximate surface area is 86.1 Å². The Kier molecular flexibility index (Phi) is 2.46. The fourth-order valence-electron chi connectivity index (χ4n) is 1.44. The van der Waals surface area contributed by atoms with E-state index in [9.17, 15) is 5.11 Å². The fourth-order valence-corrected chi connectivity index (χ4v) is 1.64. The average Bonchev–Trinajstić information content (AvgIpc) is 2.56. The predicted molar refractivity (Wildman–Crippen MR) is 55.2 cm³/mol. The maximum atomic E-state index is 9.61. The van der Waals surface area contributed by atoms with Crippen LogP contribution >= 0.6 is 11.6 Å². The van der Waals surface area contributed by atoms with Gasteiger partial charge in [0, 0.05) is 23.6 Å². The van der Waals surface area contributed by atoms with Crippen molar-refractivity contribution in [3.63, 3.8) is 0 Å². The van der Waals surface area contributed by atoms with Gasteiger partial charge in [-0.05, 0) is 11.6 Å². The van der Waals surface area contributed by atoms with E-state index in [1.165, 1.54) is 0 Å². The van der Waals surface area contributed by atoms with Crippen molar-refractivity contribution in [3.05, 3.63) is 35.0 Å². The number of hydrogen-bond donors (Lipinski definition) is 2. The Balaban J connectivity index is 2.64. The first-order valence-corrected chi connectivity index (χ1v) is 4.66. The van der Waals surface area contributed by atoms with E-state index in [1.54, 1.807) is 12.1 Å². The van der Waals surface area contributed by atoms with Gasteiger partial charge in [-0.2, -0.15) is 0 Å². The first-order valence-electron chi connectivity index (χ1n) is 4.28. The topological polar surface area (TPSA) is 59.4 Å². The summed E-state index contributed by atoms with van der Waals surface area (Å²) in [6.45, 7) is 0.164. The van der Waals surface area contributed by atoms with Crippen molar-refractivity contribution in [1.29, 1.82) is 0 Å². The molecule has 1 atom stereocenters. The maximum Gasteiger partial charge on any atom is 0.194 e. The zero-order valence-electron chi connectivity index (χ0n) is 7.40. The van der Waals surface area contributed by atoms with Crippen LogP contribution in [0.25, 0.3) is 11.0 Å². The van der Waals surface area contributed by atoms with Gasteiger partial charge in [-0.25, -0.2) is 0 Å². The molecule has 74 valence electrons. The van der Waals surface area contributed by atoms with E-state index in [4.69, 9.17) is 21.8 Å². The Morgan fingerprint density at radius 1 is 1.50 bits per heavy atom. The molecule has 0 bridgehead atoms. The molecule has 3 N–H and O–H groups in total. The van der Waals surface area contributed by atoms with Crippen LogP contribution in [0.2, 0.25) is 5.22 Å². The summed E-state index contributed by atoms with van der Waals surface area (Å²) in [5.41, 5.74) is 6.66. The third-order valence-electron chi connectivity index (χ3n) is 2.13. The highest BCUT2D eigenvalue weighted by Gasteiger charge is 2.12. The van der Waals surface area contributed by atoms with Crippen LogP contribution in [0.15, 0.2) is 28.7 Å². The quantitative estimate of drug-likeness (QED) is 0.800. The Hall–Kier alpha value is -1.03. The lowest BCUT2D eigenvalue weighted by atomic mass is 10.1. The van der Waals surface area contributed by atoms with Crippen LogP contribution in [-0.2, 0) is 0 Å². The van der Waals surface area contributed by atoms with Crippen molar-refractivity contribution in [2.24, 2.45) is 5.73 Å². The molecule has 2 aromatic rings. The van der Waals surface area contributed by atoms with Gasteiger partial charge in [0.05, 0.1) is 6.10 Å². The molecule has 0 saturated heterocycles. The van der Waals surface area contributed by atoms with Crippen LogP contribution in [0.4, 0.5) is 0 Å². The third kappa shape index (κ3) is 1.50. The number of para-hydroxylation sites is 1. The van der Waals surface area contributed by atoms with E-state index in [-0.39, 0.29) is 6.54 Å². The minimum Gasteiger partial charge on any atom is -0.444 e. The van der Waals surface area contributed by atoms with Gasteiger partial charge in [0.15, 0.2) is 5.22 Å². The maximum absolute atomic E-state index is 9.61. The average molecular weight is 212 g/mol. The van der Waals surface area contributed by atoms with E-state index in [0.29, 0.717) is 16.4 Å². The van der Waals surface area contributed by atoms with Gasteiger partial charge in [-0.3, -0.25) is 0 Å². The fraction of sp³-hybridized carbons (Fsp3) is 0.200. The normalized spacial score (nSPS) is 13.4. The van der Waals surface area contributed by atoms with Gasteiger partial charge in [0.25, 0.3) is 0 Å². The number of benzene rings is 1. The second-order valence-electron chi connectivity index (χ2n) is 3.07. The van der Waals surface area contributed by atoms with Crippen LogP contribution in [0.5, 0.6) is 0 Å². The Morgan fingerprint density at radius 2 is 2.29 bits per heavy atom. The molecule has 3 nitrogen and oxygen atoms in total. The molecule has 0 fully saturated rings. The van der Waals surface area contributed by atoms with Crippen LogP contribution in [0.1, 0.15) is 11.7 Å². The van der Waals surface area contributed by atoms with E-state index in [1.807, 2.05) is 12.1 Å². The Morgan fingerprint density at radius 3 is 3.00 bits per heavy atom. The summed E-state index contributed by atoms with van der Waals surface area (Å²) in [4.78, 5) is 0. The monoisotopic (exact) mass is 211 g/mol. The highest BCUT2D eigenvalue weighted by molar-refractivity contribution is 6.29. The van der Waals surface area contributed by atoms with Crippen molar-refractivity contribution >= 4 is 22.6 Å². The van der Waals surface area contributed by atoms with Crippen LogP contribution in [-0.4, -0.2) is 11.7 Å². The highest BCUT2D eigenvalue weighted by atomic mass is 35.5. The van der Waals surface area contributed by atoms with E-state index in [0.717, 1.165) is 5.39 Å². The second-order valence-corrected chi connectivity index (χ2v) is 3.44. The molecule has 0 aliphatic carbocycles. The largest absolute Gasteiger partial charge is 0.444 e. The molecule has 4 heteroatoms. The summed E-state index contributed by atoms with van der Waals surface area (Å²) in [6, 6.07) is 7.20. The molecule has 2 rings (SSSR count). The number of rotatable bonds is 2. The van der Waals surface area contributed by atoms with Gasteiger partial charge in [-0.1, -0.05) is 18.2 Å². The Bertz CT molecular complexity index is 452. The first-order chi connectivity index (χ1) is 6.72. The van der Waals surface area contributed by atoms with Crippen molar-refractivity contribution in [2.45, 2.75) is 6.10 Å². The summed E-state index contributed by atoms with van der Waals surface area (Å²) < 4.78 is 5.27. The molecule has 0 aliphatic heterocycles. The van der Waals surface area contributed by atoms with Crippen LogP contribution in [0, 0.1) is 0 Å². The summed E-state index contributed by atoms with van der Waals surface area (Å²) in [5.74, 6) is 0. The van der Waals surface area contributed by atoms with Crippen molar-refractivity contribution in [1.82, 2.24) is 0 Å². The standard InChI is InChI=1S/C10H10ClNO2/c11-9-4-6-2-1-3-7(8(13)5-12)10(6)14-9/h1-4,8,13H,5,12H2. The highest BCUT2D eigenvalue weighted by Crippen LogP contribution is 2.28. The smallest absolute Gasteiger partial charge is 0.194 e. The van der Waals surface area contributed by atoms with Gasteiger partial charge in [-0.15, -0.1) is 0 Å². The summed E-state index contributed by atoms with van der Waals surface area (Å²) in [7, 11) is 0. The molecular weight excluding hydrogens is 202 g/mol. The molecule has 0 radical (unpaired) electrons. The van der Waals surface area contributed by atoms with Gasteiger partial charge in [0.2, 0.25) is 0 Å². The molecule has 14 heavy (non-hydrogen) atoms. The number of nitrogens with two attached hydrogens (primary N) is 1. The molecule has 0 saturated carbocycles. The van der Waals surface area contributed by atoms with Gasteiger partial charge >= 0.3 is 0 Å². The zero-order valence-corrected chi connectivity index (χ0v) is 8.16. The van der Waals surface area contributed by atoms with Crippen LogP contribution in [0.3, 0.4) is 0 Å². The lowest BCUT2D eigenvalue weighted by Gasteiger charge is -2.07. The molecule has 0 aliphatic rings. The minimum atomic E-state index is -0.707. The number of hydrogen-bond acceptors (Lipinski definition) is 3. The van der Waals surface area contributed by atoms with Crippen molar-refractivity contribution in [3.8, 4) is 0 Å². The minimum absolute atomic E-state index is 0.164. The molecule has 1 aromatic carbocycles. The number of fused-ring (bicyclic) bond motifs is 1. The molecule has 1 heterocycles. The zero-order chi connectivity index (χ0) is 10.1. The van der Waals surface area contributed by atoms with Gasteiger partial charge < -0.3 is 15.3 Å². The predicted octanol–water partition coefficient (Wildman–Crippen LogP) is 2.08.